The van der Waals surface area contributed by atoms with E-state index in [-0.39, 0.29) is 25.3 Å². The van der Waals surface area contributed by atoms with Gasteiger partial charge in [-0.1, -0.05) is 0 Å². The Morgan fingerprint density at radius 2 is 1.36 bits per heavy atom. The molecule has 0 fully saturated rings. The van der Waals surface area contributed by atoms with Gasteiger partial charge < -0.3 is 54.2 Å². The van der Waals surface area contributed by atoms with Crippen LogP contribution < -0.4 is 38.9 Å². The second kappa shape index (κ2) is 15.8. The Labute approximate surface area is 206 Å². The molecule has 0 aromatic heterocycles. The van der Waals surface area contributed by atoms with Crippen LogP contribution in [0.5, 0.6) is 0 Å². The Balaban J connectivity index is 5.63. The van der Waals surface area contributed by atoms with E-state index < -0.39 is 85.1 Å². The molecule has 0 aromatic rings. The second-order valence-corrected chi connectivity index (χ2v) is 7.84. The first kappa shape index (κ1) is 32.0. The molecule has 0 aliphatic carbocycles. The lowest BCUT2D eigenvalue weighted by Gasteiger charge is -2.25. The van der Waals surface area contributed by atoms with E-state index in [4.69, 9.17) is 28.0 Å². The number of primary amides is 1. The Morgan fingerprint density at radius 3 is 1.83 bits per heavy atom. The summed E-state index contributed by atoms with van der Waals surface area (Å²) in [5.74, 6) is -7.01. The van der Waals surface area contributed by atoms with E-state index in [1.54, 1.807) is 0 Å². The quantitative estimate of drug-likeness (QED) is 0.0491. The summed E-state index contributed by atoms with van der Waals surface area (Å²) in [7, 11) is 0. The van der Waals surface area contributed by atoms with E-state index >= 15 is 0 Å². The number of carbonyl (C=O) groups excluding carboxylic acids is 4. The number of carbonyl (C=O) groups is 6. The van der Waals surface area contributed by atoms with E-state index in [9.17, 15) is 39.0 Å². The van der Waals surface area contributed by atoms with Crippen LogP contribution >= 0.6 is 0 Å². The zero-order valence-corrected chi connectivity index (χ0v) is 19.7. The van der Waals surface area contributed by atoms with E-state index in [0.29, 0.717) is 0 Å². The van der Waals surface area contributed by atoms with Crippen molar-refractivity contribution in [1.82, 2.24) is 16.0 Å². The van der Waals surface area contributed by atoms with E-state index in [2.05, 4.69) is 20.9 Å². The first-order valence-corrected chi connectivity index (χ1v) is 10.8. The molecule has 0 aliphatic rings. The number of aliphatic hydroxyl groups excluding tert-OH is 1. The van der Waals surface area contributed by atoms with Gasteiger partial charge >= 0.3 is 11.9 Å². The molecule has 204 valence electrons. The zero-order chi connectivity index (χ0) is 28.0. The molecule has 0 spiro atoms. The van der Waals surface area contributed by atoms with Crippen LogP contribution in [-0.2, 0) is 28.8 Å². The van der Waals surface area contributed by atoms with Crippen molar-refractivity contribution in [2.45, 2.75) is 69.3 Å². The monoisotopic (exact) mass is 518 g/mol. The van der Waals surface area contributed by atoms with Gasteiger partial charge in [-0.05, 0) is 26.2 Å². The summed E-state index contributed by atoms with van der Waals surface area (Å²) < 4.78 is 0. The van der Waals surface area contributed by atoms with E-state index in [0.717, 1.165) is 0 Å². The number of amides is 4. The van der Waals surface area contributed by atoms with Crippen molar-refractivity contribution >= 4 is 41.5 Å². The highest BCUT2D eigenvalue weighted by Gasteiger charge is 2.31. The lowest BCUT2D eigenvalue weighted by molar-refractivity contribution is -0.143. The average Bonchev–Trinajstić information content (AvgIpc) is 2.76. The predicted molar refractivity (Wildman–Crippen MR) is 124 cm³/mol. The molecule has 17 heteroatoms. The normalized spacial score (nSPS) is 14.8. The van der Waals surface area contributed by atoms with Gasteiger partial charge in [0.1, 0.15) is 24.2 Å². The van der Waals surface area contributed by atoms with Crippen LogP contribution in [0.25, 0.3) is 0 Å². The van der Waals surface area contributed by atoms with Crippen molar-refractivity contribution in [2.75, 3.05) is 6.54 Å². The third kappa shape index (κ3) is 13.0. The summed E-state index contributed by atoms with van der Waals surface area (Å²) >= 11 is 0. The average molecular weight is 519 g/mol. The number of rotatable bonds is 17. The molecular weight excluding hydrogens is 484 g/mol. The number of hydrogen-bond acceptors (Lipinski definition) is 9. The van der Waals surface area contributed by atoms with Crippen LogP contribution in [0.15, 0.2) is 4.99 Å². The molecule has 17 nitrogen and oxygen atoms in total. The molecule has 4 amide bonds. The summed E-state index contributed by atoms with van der Waals surface area (Å²) in [6.07, 6.45) is -2.88. The number of nitrogens with one attached hydrogen (secondary N) is 3. The van der Waals surface area contributed by atoms with Crippen molar-refractivity contribution in [1.29, 1.82) is 0 Å². The van der Waals surface area contributed by atoms with Crippen LogP contribution in [0.4, 0.5) is 0 Å². The maximum atomic E-state index is 12.9. The molecule has 0 bridgehead atoms. The maximum absolute atomic E-state index is 12.9. The Bertz CT molecular complexity index is 845. The summed E-state index contributed by atoms with van der Waals surface area (Å²) in [4.78, 5) is 75.1. The standard InChI is InChI=1S/C19H34N8O9/c1-8(28)14(21)17(34)25-9(3-2-6-24-19(22)23)15(32)27-11(7-12(20)29)16(33)26-10(18(35)36)4-5-13(30)31/h8-11,14,28H,2-7,21H2,1H3,(H2,20,29)(H,25,34)(H,26,33)(H,27,32)(H,30,31)(H,35,36)(H4,22,23,24). The van der Waals surface area contributed by atoms with Crippen LogP contribution in [0.2, 0.25) is 0 Å². The van der Waals surface area contributed by atoms with Crippen LogP contribution in [0.3, 0.4) is 0 Å². The van der Waals surface area contributed by atoms with Gasteiger partial charge in [-0.25, -0.2) is 4.79 Å². The first-order chi connectivity index (χ1) is 16.6. The van der Waals surface area contributed by atoms with Crippen LogP contribution in [0.1, 0.15) is 39.0 Å². The largest absolute Gasteiger partial charge is 0.481 e. The zero-order valence-electron chi connectivity index (χ0n) is 19.7. The Kier molecular flexibility index (Phi) is 14.1. The van der Waals surface area contributed by atoms with E-state index in [1.807, 2.05) is 0 Å². The first-order valence-electron chi connectivity index (χ1n) is 10.8. The fraction of sp³-hybridized carbons (Fsp3) is 0.632. The minimum atomic E-state index is -1.65. The van der Waals surface area contributed by atoms with Gasteiger partial charge in [0.2, 0.25) is 23.6 Å². The molecule has 36 heavy (non-hydrogen) atoms. The molecule has 5 atom stereocenters. The van der Waals surface area contributed by atoms with Gasteiger partial charge in [-0.3, -0.25) is 29.0 Å². The maximum Gasteiger partial charge on any atom is 0.326 e. The Hall–Kier alpha value is -3.99. The molecule has 0 heterocycles. The van der Waals surface area contributed by atoms with Crippen molar-refractivity contribution in [3.8, 4) is 0 Å². The molecule has 5 unspecified atom stereocenters. The summed E-state index contributed by atoms with van der Waals surface area (Å²) in [6.45, 7) is 1.34. The summed E-state index contributed by atoms with van der Waals surface area (Å²) in [5, 5.41) is 34.1. The topological polar surface area (TPSA) is 316 Å². The number of aliphatic carboxylic acids is 2. The SMILES string of the molecule is CC(O)C(N)C(=O)NC(CCCN=C(N)N)C(=O)NC(CC(N)=O)C(=O)NC(CCC(=O)O)C(=O)O. The number of aliphatic hydroxyl groups is 1. The van der Waals surface area contributed by atoms with Gasteiger partial charge in [0.25, 0.3) is 0 Å². The molecule has 0 rings (SSSR count). The summed E-state index contributed by atoms with van der Waals surface area (Å²) in [5.41, 5.74) is 21.2. The van der Waals surface area contributed by atoms with Crippen LogP contribution in [-0.4, -0.2) is 93.7 Å². The molecule has 0 radical (unpaired) electrons. The number of aliphatic imine (C=N–C) groups is 1. The number of nitrogens with zero attached hydrogens (tertiary/aromatic N) is 1. The number of hydrogen-bond donors (Lipinski definition) is 10. The van der Waals surface area contributed by atoms with Crippen LogP contribution in [0, 0.1) is 0 Å². The lowest BCUT2D eigenvalue weighted by Crippen LogP contribution is -2.58. The fourth-order valence-corrected chi connectivity index (χ4v) is 2.74. The number of guanidine groups is 1. The highest BCUT2D eigenvalue weighted by atomic mass is 16.4. The van der Waals surface area contributed by atoms with Crippen molar-refractivity contribution in [2.24, 2.45) is 27.9 Å². The number of nitrogens with two attached hydrogens (primary N) is 4. The third-order valence-electron chi connectivity index (χ3n) is 4.70. The molecule has 0 aromatic carbocycles. The van der Waals surface area contributed by atoms with Gasteiger partial charge in [0.15, 0.2) is 5.96 Å². The van der Waals surface area contributed by atoms with Gasteiger partial charge in [-0.2, -0.15) is 0 Å². The molecule has 0 saturated heterocycles. The predicted octanol–water partition coefficient (Wildman–Crippen LogP) is -4.97. The summed E-state index contributed by atoms with van der Waals surface area (Å²) in [6, 6.07) is -5.97. The number of carboxylic acid groups (broad SMARTS) is 2. The second-order valence-electron chi connectivity index (χ2n) is 7.84. The number of carboxylic acids is 2. The third-order valence-corrected chi connectivity index (χ3v) is 4.70. The fourth-order valence-electron chi connectivity index (χ4n) is 2.74. The highest BCUT2D eigenvalue weighted by Crippen LogP contribution is 2.05. The minimum absolute atomic E-state index is 0.0534. The van der Waals surface area contributed by atoms with Crippen molar-refractivity contribution in [3.05, 3.63) is 0 Å². The Morgan fingerprint density at radius 1 is 0.833 bits per heavy atom. The molecule has 14 N–H and O–H groups in total. The molecular formula is C19H34N8O9. The van der Waals surface area contributed by atoms with Crippen molar-refractivity contribution in [3.63, 3.8) is 0 Å². The van der Waals surface area contributed by atoms with Gasteiger partial charge in [0.05, 0.1) is 12.5 Å². The smallest absolute Gasteiger partial charge is 0.326 e. The van der Waals surface area contributed by atoms with Gasteiger partial charge in [0, 0.05) is 13.0 Å². The highest BCUT2D eigenvalue weighted by molar-refractivity contribution is 5.96. The lowest BCUT2D eigenvalue weighted by atomic mass is 10.1. The van der Waals surface area contributed by atoms with E-state index in [1.165, 1.54) is 6.92 Å². The van der Waals surface area contributed by atoms with Crippen molar-refractivity contribution < 1.29 is 44.1 Å². The van der Waals surface area contributed by atoms with Gasteiger partial charge in [-0.15, -0.1) is 0 Å². The molecule has 0 saturated carbocycles. The minimum Gasteiger partial charge on any atom is -0.481 e. The molecule has 0 aliphatic heterocycles.